The molecule has 0 atom stereocenters. The third-order valence-corrected chi connectivity index (χ3v) is 3.76. The average Bonchev–Trinajstić information content (AvgIpc) is 2.90. The molecule has 1 aliphatic rings. The maximum absolute atomic E-state index is 12.4. The molecule has 0 saturated carbocycles. The lowest BCUT2D eigenvalue weighted by Crippen LogP contribution is -2.30. The summed E-state index contributed by atoms with van der Waals surface area (Å²) in [6.07, 6.45) is 7.22. The minimum absolute atomic E-state index is 0. The van der Waals surface area contributed by atoms with E-state index >= 15 is 0 Å². The molecule has 0 bridgehead atoms. The lowest BCUT2D eigenvalue weighted by molar-refractivity contribution is 0.0785. The monoisotopic (exact) mass is 312 g/mol. The maximum Gasteiger partial charge on any atom is 0.274 e. The van der Waals surface area contributed by atoms with Gasteiger partial charge in [0.2, 0.25) is 0 Å². The van der Waals surface area contributed by atoms with Crippen LogP contribution in [0.4, 0.5) is 0 Å². The molecule has 2 N–H and O–H groups in total. The molecule has 6 heteroatoms. The number of halogens is 1. The van der Waals surface area contributed by atoms with E-state index in [-0.39, 0.29) is 18.3 Å². The molecule has 2 rings (SSSR count). The number of aromatic amines is 1. The highest BCUT2D eigenvalue weighted by Crippen LogP contribution is 2.16. The minimum Gasteiger partial charge on any atom is -0.340 e. The number of hydrogen-bond donors (Lipinski definition) is 2. The summed E-state index contributed by atoms with van der Waals surface area (Å²) in [5.74, 6) is 0.0231. The minimum atomic E-state index is 0. The number of unbranched alkanes of at least 4 members (excludes halogenated alkanes) is 3. The Hall–Kier alpha value is -1.33. The maximum atomic E-state index is 12.4. The summed E-state index contributed by atoms with van der Waals surface area (Å²) >= 11 is 0. The molecule has 0 spiro atoms. The molecule has 0 aromatic carbocycles. The second kappa shape index (κ2) is 8.85. The van der Waals surface area contributed by atoms with Crippen molar-refractivity contribution in [2.45, 2.75) is 38.6 Å². The van der Waals surface area contributed by atoms with Gasteiger partial charge in [0, 0.05) is 44.4 Å². The van der Waals surface area contributed by atoms with E-state index in [0.717, 1.165) is 63.0 Å². The smallest absolute Gasteiger partial charge is 0.274 e. The number of H-pyrrole nitrogens is 1. The molecule has 1 aromatic heterocycles. The van der Waals surface area contributed by atoms with Crippen LogP contribution in [0.15, 0.2) is 12.7 Å². The van der Waals surface area contributed by atoms with Crippen LogP contribution in [-0.2, 0) is 13.0 Å². The summed E-state index contributed by atoms with van der Waals surface area (Å²) in [6.45, 7) is 6.18. The Morgan fingerprint density at radius 2 is 2.24 bits per heavy atom. The van der Waals surface area contributed by atoms with E-state index < -0.39 is 0 Å². The summed E-state index contributed by atoms with van der Waals surface area (Å²) in [4.78, 5) is 14.2. The van der Waals surface area contributed by atoms with Gasteiger partial charge in [-0.2, -0.15) is 5.10 Å². The van der Waals surface area contributed by atoms with E-state index in [4.69, 9.17) is 0 Å². The van der Waals surface area contributed by atoms with E-state index in [1.54, 1.807) is 4.90 Å². The van der Waals surface area contributed by atoms with Crippen LogP contribution in [0.3, 0.4) is 0 Å². The Balaban J connectivity index is 0.00000220. The summed E-state index contributed by atoms with van der Waals surface area (Å²) in [7, 11) is 1.85. The van der Waals surface area contributed by atoms with Gasteiger partial charge < -0.3 is 10.2 Å². The first kappa shape index (κ1) is 17.7. The van der Waals surface area contributed by atoms with Crippen molar-refractivity contribution in [3.05, 3.63) is 29.6 Å². The number of nitrogens with zero attached hydrogens (tertiary/aromatic N) is 2. The lowest BCUT2D eigenvalue weighted by atomic mass is 10.1. The molecule has 118 valence electrons. The number of fused-ring (bicyclic) bond motifs is 1. The third-order valence-electron chi connectivity index (χ3n) is 3.76. The summed E-state index contributed by atoms with van der Waals surface area (Å²) in [5, 5.41) is 10.5. The fraction of sp³-hybridized carbons (Fsp3) is 0.600. The first-order valence-electron chi connectivity index (χ1n) is 7.37. The van der Waals surface area contributed by atoms with Crippen molar-refractivity contribution in [1.82, 2.24) is 20.4 Å². The van der Waals surface area contributed by atoms with Crippen molar-refractivity contribution < 1.29 is 4.79 Å². The molecule has 0 aliphatic carbocycles. The first-order valence-corrected chi connectivity index (χ1v) is 7.37. The van der Waals surface area contributed by atoms with Gasteiger partial charge in [-0.3, -0.25) is 9.89 Å². The molecular formula is C15H25ClN4O. The van der Waals surface area contributed by atoms with Gasteiger partial charge in [0.1, 0.15) is 0 Å². The van der Waals surface area contributed by atoms with Crippen LogP contribution in [0, 0.1) is 0 Å². The number of allylic oxidation sites excluding steroid dienone is 1. The van der Waals surface area contributed by atoms with E-state index in [2.05, 4.69) is 22.1 Å². The Morgan fingerprint density at radius 3 is 3.00 bits per heavy atom. The predicted molar refractivity (Wildman–Crippen MR) is 86.9 cm³/mol. The number of carbonyl (C=O) groups is 1. The van der Waals surface area contributed by atoms with Crippen molar-refractivity contribution in [3.63, 3.8) is 0 Å². The van der Waals surface area contributed by atoms with Gasteiger partial charge in [0.15, 0.2) is 5.69 Å². The Kier molecular flexibility index (Phi) is 7.47. The molecule has 2 heterocycles. The van der Waals surface area contributed by atoms with Gasteiger partial charge in [-0.1, -0.05) is 12.5 Å². The molecule has 5 nitrogen and oxygen atoms in total. The molecular weight excluding hydrogens is 288 g/mol. The largest absolute Gasteiger partial charge is 0.340 e. The zero-order valence-electron chi connectivity index (χ0n) is 12.7. The van der Waals surface area contributed by atoms with Crippen molar-refractivity contribution in [1.29, 1.82) is 0 Å². The molecule has 1 aliphatic heterocycles. The fourth-order valence-electron chi connectivity index (χ4n) is 2.50. The van der Waals surface area contributed by atoms with Gasteiger partial charge in [-0.05, 0) is 19.3 Å². The second-order valence-corrected chi connectivity index (χ2v) is 5.32. The highest BCUT2D eigenvalue weighted by Gasteiger charge is 2.23. The van der Waals surface area contributed by atoms with Crippen LogP contribution in [0.25, 0.3) is 0 Å². The van der Waals surface area contributed by atoms with E-state index in [9.17, 15) is 4.79 Å². The zero-order chi connectivity index (χ0) is 14.4. The number of amides is 1. The number of hydrogen-bond acceptors (Lipinski definition) is 3. The van der Waals surface area contributed by atoms with Crippen LogP contribution in [0.1, 0.15) is 47.4 Å². The summed E-state index contributed by atoms with van der Waals surface area (Å²) in [5.41, 5.74) is 2.73. The third kappa shape index (κ3) is 4.58. The van der Waals surface area contributed by atoms with Crippen LogP contribution in [0.5, 0.6) is 0 Å². The van der Waals surface area contributed by atoms with Gasteiger partial charge in [-0.25, -0.2) is 0 Å². The molecule has 1 aromatic rings. The topological polar surface area (TPSA) is 61.0 Å². The SMILES string of the molecule is C=CCCCCCN(C)C(=O)c1n[nH]c2c1CNCC2.Cl. The van der Waals surface area contributed by atoms with E-state index in [1.165, 1.54) is 0 Å². The van der Waals surface area contributed by atoms with Crippen LogP contribution in [0.2, 0.25) is 0 Å². The number of carbonyl (C=O) groups excluding carboxylic acids is 1. The Morgan fingerprint density at radius 1 is 1.43 bits per heavy atom. The first-order chi connectivity index (χ1) is 9.74. The predicted octanol–water partition coefficient (Wildman–Crippen LogP) is 2.30. The summed E-state index contributed by atoms with van der Waals surface area (Å²) in [6, 6.07) is 0. The van der Waals surface area contributed by atoms with Crippen molar-refractivity contribution in [2.75, 3.05) is 20.1 Å². The van der Waals surface area contributed by atoms with Crippen LogP contribution >= 0.6 is 12.4 Å². The van der Waals surface area contributed by atoms with E-state index in [1.807, 2.05) is 13.1 Å². The van der Waals surface area contributed by atoms with Gasteiger partial charge in [0.05, 0.1) is 0 Å². The lowest BCUT2D eigenvalue weighted by Gasteiger charge is -2.18. The Bertz CT molecular complexity index is 472. The van der Waals surface area contributed by atoms with Gasteiger partial charge in [0.25, 0.3) is 5.91 Å². The molecule has 1 amide bonds. The number of rotatable bonds is 7. The van der Waals surface area contributed by atoms with Crippen LogP contribution in [-0.4, -0.2) is 41.1 Å². The van der Waals surface area contributed by atoms with Crippen LogP contribution < -0.4 is 5.32 Å². The van der Waals surface area contributed by atoms with Crippen molar-refractivity contribution in [2.24, 2.45) is 0 Å². The van der Waals surface area contributed by atoms with Gasteiger partial charge in [-0.15, -0.1) is 19.0 Å². The molecule has 0 radical (unpaired) electrons. The second-order valence-electron chi connectivity index (χ2n) is 5.32. The highest BCUT2D eigenvalue weighted by atomic mass is 35.5. The molecule has 0 fully saturated rings. The average molecular weight is 313 g/mol. The Labute approximate surface area is 132 Å². The van der Waals surface area contributed by atoms with Crippen molar-refractivity contribution >= 4 is 18.3 Å². The number of aromatic nitrogens is 2. The van der Waals surface area contributed by atoms with Crippen molar-refractivity contribution in [3.8, 4) is 0 Å². The summed E-state index contributed by atoms with van der Waals surface area (Å²) < 4.78 is 0. The van der Waals surface area contributed by atoms with Gasteiger partial charge >= 0.3 is 0 Å². The molecule has 21 heavy (non-hydrogen) atoms. The zero-order valence-corrected chi connectivity index (χ0v) is 13.5. The fourth-order valence-corrected chi connectivity index (χ4v) is 2.50. The number of nitrogens with one attached hydrogen (secondary N) is 2. The normalized spacial score (nSPS) is 13.2. The van der Waals surface area contributed by atoms with E-state index in [0.29, 0.717) is 5.69 Å². The molecule has 0 unspecified atom stereocenters. The quantitative estimate of drug-likeness (QED) is 0.600. The highest BCUT2D eigenvalue weighted by molar-refractivity contribution is 5.93. The standard InChI is InChI=1S/C15H24N4O.ClH/c1-3-4-5-6-7-10-19(2)15(20)14-12-11-16-9-8-13(12)17-18-14;/h3,16H,1,4-11H2,2H3,(H,17,18);1H. The molecule has 0 saturated heterocycles.